The topological polar surface area (TPSA) is 18.5 Å². The number of hydrogen-bond acceptors (Lipinski definition) is 2. The van der Waals surface area contributed by atoms with Crippen LogP contribution < -0.4 is 4.74 Å². The van der Waals surface area contributed by atoms with E-state index in [0.29, 0.717) is 12.0 Å². The van der Waals surface area contributed by atoms with Crippen LogP contribution in [0.5, 0.6) is 5.75 Å². The lowest BCUT2D eigenvalue weighted by Crippen LogP contribution is -2.24. The Morgan fingerprint density at radius 1 is 0.885 bits per heavy atom. The predicted molar refractivity (Wildman–Crippen MR) is 115 cm³/mol. The van der Waals surface area contributed by atoms with Gasteiger partial charge in [-0.2, -0.15) is 0 Å². The van der Waals surface area contributed by atoms with Crippen LogP contribution >= 0.6 is 0 Å². The molecule has 152 valence electrons. The van der Waals surface area contributed by atoms with Gasteiger partial charge >= 0.3 is 0 Å². The van der Waals surface area contributed by atoms with Gasteiger partial charge in [0.1, 0.15) is 5.75 Å². The third-order valence-electron chi connectivity index (χ3n) is 4.49. The van der Waals surface area contributed by atoms with E-state index in [1.165, 1.54) is 12.0 Å². The van der Waals surface area contributed by atoms with Gasteiger partial charge in [-0.25, -0.2) is 0 Å². The normalized spacial score (nSPS) is 14.8. The van der Waals surface area contributed by atoms with E-state index >= 15 is 0 Å². The fraction of sp³-hybridized carbons (Fsp3) is 0.750. The van der Waals surface area contributed by atoms with Gasteiger partial charge in [-0.05, 0) is 55.2 Å². The van der Waals surface area contributed by atoms with Crippen molar-refractivity contribution < 1.29 is 9.47 Å². The second kappa shape index (κ2) is 13.2. The van der Waals surface area contributed by atoms with Crippen molar-refractivity contribution in [2.45, 2.75) is 113 Å². The van der Waals surface area contributed by atoms with Crippen molar-refractivity contribution in [2.75, 3.05) is 0 Å². The Hall–Kier alpha value is -1.02. The summed E-state index contributed by atoms with van der Waals surface area (Å²) in [6.45, 7) is 19.8. The third kappa shape index (κ3) is 9.62. The summed E-state index contributed by atoms with van der Waals surface area (Å²) in [5, 5.41) is 0. The first-order valence-electron chi connectivity index (χ1n) is 10.6. The molecule has 0 radical (unpaired) electrons. The first-order valence-corrected chi connectivity index (χ1v) is 10.6. The predicted octanol–water partition coefficient (Wildman–Crippen LogP) is 7.96. The van der Waals surface area contributed by atoms with E-state index in [-0.39, 0.29) is 11.7 Å². The molecule has 2 heteroatoms. The number of hydrogen-bond donors (Lipinski definition) is 0. The first-order chi connectivity index (χ1) is 12.2. The molecule has 0 saturated carbocycles. The summed E-state index contributed by atoms with van der Waals surface area (Å²) in [5.74, 6) is 1.45. The molecule has 1 rings (SSSR count). The second-order valence-corrected chi connectivity index (χ2v) is 8.24. The molecule has 1 aromatic carbocycles. The van der Waals surface area contributed by atoms with Crippen LogP contribution in [0.3, 0.4) is 0 Å². The van der Waals surface area contributed by atoms with Gasteiger partial charge in [-0.1, -0.05) is 80.4 Å². The molecule has 3 atom stereocenters. The molecule has 0 spiro atoms. The molecule has 26 heavy (non-hydrogen) atoms. The molecular formula is C24H44O2. The minimum absolute atomic E-state index is 0.207. The molecule has 0 fully saturated rings. The van der Waals surface area contributed by atoms with Crippen molar-refractivity contribution in [1.29, 1.82) is 0 Å². The van der Waals surface area contributed by atoms with E-state index < -0.39 is 0 Å². The highest BCUT2D eigenvalue weighted by Crippen LogP contribution is 2.38. The monoisotopic (exact) mass is 364 g/mol. The van der Waals surface area contributed by atoms with Crippen molar-refractivity contribution >= 4 is 0 Å². The minimum atomic E-state index is -0.207. The van der Waals surface area contributed by atoms with Gasteiger partial charge in [0.05, 0.1) is 6.10 Å². The van der Waals surface area contributed by atoms with Crippen LogP contribution in [0.2, 0.25) is 0 Å². The summed E-state index contributed by atoms with van der Waals surface area (Å²) in [7, 11) is 0. The fourth-order valence-electron chi connectivity index (χ4n) is 3.31. The minimum Gasteiger partial charge on any atom is -0.465 e. The molecule has 2 nitrogen and oxygen atoms in total. The number of ether oxygens (including phenoxy) is 2. The summed E-state index contributed by atoms with van der Waals surface area (Å²) in [6.07, 6.45) is 5.75. The average molecular weight is 365 g/mol. The zero-order chi connectivity index (χ0) is 20.2. The zero-order valence-corrected chi connectivity index (χ0v) is 18.9. The summed E-state index contributed by atoms with van der Waals surface area (Å²) in [5.41, 5.74) is 1.67. The lowest BCUT2D eigenvalue weighted by Gasteiger charge is -2.30. The molecule has 0 amide bonds. The van der Waals surface area contributed by atoms with Crippen molar-refractivity contribution in [2.24, 2.45) is 5.41 Å². The second-order valence-electron chi connectivity index (χ2n) is 8.24. The van der Waals surface area contributed by atoms with E-state index in [0.717, 1.165) is 31.4 Å². The highest BCUT2D eigenvalue weighted by atomic mass is 16.7. The van der Waals surface area contributed by atoms with Crippen molar-refractivity contribution in [3.8, 4) is 5.75 Å². The van der Waals surface area contributed by atoms with Crippen molar-refractivity contribution in [1.82, 2.24) is 0 Å². The maximum absolute atomic E-state index is 5.97. The molecule has 0 bridgehead atoms. The third-order valence-corrected chi connectivity index (χ3v) is 4.49. The Bertz CT molecular complexity index is 444. The SMILES string of the molecule is CCC.CCCC(CC)OC(C)Oc1ccc(C(CC)C(C)(C)C)cc1. The summed E-state index contributed by atoms with van der Waals surface area (Å²) < 4.78 is 11.9. The van der Waals surface area contributed by atoms with E-state index in [4.69, 9.17) is 9.47 Å². The van der Waals surface area contributed by atoms with Crippen LogP contribution in [0.25, 0.3) is 0 Å². The lowest BCUT2D eigenvalue weighted by molar-refractivity contribution is -0.110. The van der Waals surface area contributed by atoms with E-state index in [1.54, 1.807) is 0 Å². The Morgan fingerprint density at radius 3 is 1.81 bits per heavy atom. The first kappa shape index (κ1) is 25.0. The molecule has 0 aliphatic carbocycles. The summed E-state index contributed by atoms with van der Waals surface area (Å²) >= 11 is 0. The Labute approximate surface area is 163 Å². The summed E-state index contributed by atoms with van der Waals surface area (Å²) in [6, 6.07) is 8.55. The zero-order valence-electron chi connectivity index (χ0n) is 18.9. The van der Waals surface area contributed by atoms with Crippen LogP contribution in [-0.4, -0.2) is 12.4 Å². The van der Waals surface area contributed by atoms with E-state index in [2.05, 4.69) is 79.7 Å². The quantitative estimate of drug-likeness (QED) is 0.414. The maximum Gasteiger partial charge on any atom is 0.197 e. The average Bonchev–Trinajstić information content (AvgIpc) is 2.56. The molecular weight excluding hydrogens is 320 g/mol. The molecule has 1 aromatic rings. The Morgan fingerprint density at radius 2 is 1.42 bits per heavy atom. The maximum atomic E-state index is 5.97. The lowest BCUT2D eigenvalue weighted by atomic mass is 9.75. The fourth-order valence-corrected chi connectivity index (χ4v) is 3.31. The van der Waals surface area contributed by atoms with Crippen molar-refractivity contribution in [3.63, 3.8) is 0 Å². The smallest absolute Gasteiger partial charge is 0.197 e. The molecule has 0 saturated heterocycles. The molecule has 3 unspecified atom stereocenters. The van der Waals surface area contributed by atoms with Crippen molar-refractivity contribution in [3.05, 3.63) is 29.8 Å². The summed E-state index contributed by atoms with van der Waals surface area (Å²) in [4.78, 5) is 0. The van der Waals surface area contributed by atoms with Gasteiger partial charge in [-0.15, -0.1) is 0 Å². The molecule has 0 N–H and O–H groups in total. The molecule has 0 heterocycles. The standard InChI is InChI=1S/C21H36O2.C3H8/c1-8-11-18(9-2)22-16(4)23-19-14-12-17(13-15-19)20(10-3)21(5,6)7;1-3-2/h12-16,18,20H,8-11H2,1-7H3;3H2,1-2H3. The van der Waals surface area contributed by atoms with Crippen LogP contribution in [0, 0.1) is 5.41 Å². The Kier molecular flexibility index (Phi) is 12.7. The highest BCUT2D eigenvalue weighted by Gasteiger charge is 2.24. The van der Waals surface area contributed by atoms with Crippen LogP contribution in [0.15, 0.2) is 24.3 Å². The molecule has 0 aliphatic heterocycles. The van der Waals surface area contributed by atoms with Gasteiger partial charge in [0.15, 0.2) is 6.29 Å². The number of rotatable bonds is 9. The number of benzene rings is 1. The Balaban J connectivity index is 0.00000194. The van der Waals surface area contributed by atoms with Gasteiger partial charge in [0.25, 0.3) is 0 Å². The van der Waals surface area contributed by atoms with Gasteiger partial charge in [-0.3, -0.25) is 0 Å². The van der Waals surface area contributed by atoms with Gasteiger partial charge < -0.3 is 9.47 Å². The van der Waals surface area contributed by atoms with Gasteiger partial charge in [0, 0.05) is 0 Å². The van der Waals surface area contributed by atoms with Crippen LogP contribution in [0.1, 0.15) is 106 Å². The molecule has 0 aliphatic rings. The van der Waals surface area contributed by atoms with Crippen LogP contribution in [-0.2, 0) is 4.74 Å². The van der Waals surface area contributed by atoms with E-state index in [9.17, 15) is 0 Å². The van der Waals surface area contributed by atoms with E-state index in [1.807, 2.05) is 6.92 Å². The largest absolute Gasteiger partial charge is 0.465 e. The molecule has 0 aromatic heterocycles. The van der Waals surface area contributed by atoms with Gasteiger partial charge in [0.2, 0.25) is 0 Å². The highest BCUT2D eigenvalue weighted by molar-refractivity contribution is 5.30. The van der Waals surface area contributed by atoms with Crippen LogP contribution in [0.4, 0.5) is 0 Å².